The first-order chi connectivity index (χ1) is 10.1. The van der Waals surface area contributed by atoms with E-state index < -0.39 is 0 Å². The average molecular weight is 291 g/mol. The summed E-state index contributed by atoms with van der Waals surface area (Å²) in [6, 6.07) is 0.202. The fourth-order valence-corrected chi connectivity index (χ4v) is 2.57. The van der Waals surface area contributed by atoms with Crippen molar-refractivity contribution in [1.82, 2.24) is 20.4 Å². The molecule has 1 aromatic rings. The first-order valence-electron chi connectivity index (χ1n) is 7.48. The number of carbonyl (C=O) groups is 2. The molecular formula is C14H21N5O2. The minimum atomic E-state index is -0.147. The van der Waals surface area contributed by atoms with E-state index in [1.807, 2.05) is 0 Å². The highest BCUT2D eigenvalue weighted by Crippen LogP contribution is 2.18. The number of rotatable bonds is 5. The summed E-state index contributed by atoms with van der Waals surface area (Å²) in [5.74, 6) is 0.260. The van der Waals surface area contributed by atoms with Crippen molar-refractivity contribution in [2.45, 2.75) is 44.8 Å². The second-order valence-corrected chi connectivity index (χ2v) is 5.96. The highest BCUT2D eigenvalue weighted by Gasteiger charge is 2.29. The van der Waals surface area contributed by atoms with Gasteiger partial charge in [0.1, 0.15) is 6.54 Å². The van der Waals surface area contributed by atoms with Gasteiger partial charge in [-0.1, -0.05) is 6.92 Å². The Morgan fingerprint density at radius 1 is 1.43 bits per heavy atom. The van der Waals surface area contributed by atoms with Crippen LogP contribution in [0.3, 0.4) is 0 Å². The predicted octanol–water partition coefficient (Wildman–Crippen LogP) is 0.0982. The van der Waals surface area contributed by atoms with Crippen molar-refractivity contribution in [1.29, 1.82) is 0 Å². The maximum Gasteiger partial charge on any atom is 0.241 e. The van der Waals surface area contributed by atoms with Crippen molar-refractivity contribution >= 4 is 17.5 Å². The molecule has 1 aliphatic heterocycles. The van der Waals surface area contributed by atoms with Gasteiger partial charge in [-0.15, -0.1) is 0 Å². The third-order valence-electron chi connectivity index (χ3n) is 3.96. The first kappa shape index (κ1) is 14.1. The molecule has 0 radical (unpaired) electrons. The standard InChI is InChI=1S/C14H21N5O2/c1-9-4-5-15-13(9)14(21)18-11-6-16-19(7-11)8-12(20)17-10-2-3-10/h6-7,9-10,13,15H,2-5,8H2,1H3,(H,17,20)(H,18,21). The fourth-order valence-electron chi connectivity index (χ4n) is 2.57. The van der Waals surface area contributed by atoms with Crippen molar-refractivity contribution in [3.8, 4) is 0 Å². The van der Waals surface area contributed by atoms with Crippen LogP contribution in [0, 0.1) is 5.92 Å². The Bertz CT molecular complexity index is 537. The zero-order valence-electron chi connectivity index (χ0n) is 12.1. The number of anilines is 1. The second-order valence-electron chi connectivity index (χ2n) is 5.96. The smallest absolute Gasteiger partial charge is 0.241 e. The molecule has 2 amide bonds. The Morgan fingerprint density at radius 2 is 2.24 bits per heavy atom. The third kappa shape index (κ3) is 3.60. The molecule has 0 aromatic carbocycles. The van der Waals surface area contributed by atoms with Crippen LogP contribution in [-0.4, -0.2) is 40.2 Å². The Kier molecular flexibility index (Phi) is 3.92. The van der Waals surface area contributed by atoms with E-state index in [1.54, 1.807) is 17.1 Å². The lowest BCUT2D eigenvalue weighted by Crippen LogP contribution is -2.38. The number of amides is 2. The molecule has 0 spiro atoms. The van der Waals surface area contributed by atoms with Gasteiger partial charge in [0.05, 0.1) is 17.9 Å². The van der Waals surface area contributed by atoms with Crippen LogP contribution in [0.4, 0.5) is 5.69 Å². The van der Waals surface area contributed by atoms with Crippen LogP contribution in [-0.2, 0) is 16.1 Å². The summed E-state index contributed by atoms with van der Waals surface area (Å²) in [5.41, 5.74) is 0.625. The predicted molar refractivity (Wildman–Crippen MR) is 77.6 cm³/mol. The minimum absolute atomic E-state index is 0.0374. The van der Waals surface area contributed by atoms with Crippen LogP contribution in [0.15, 0.2) is 12.4 Å². The van der Waals surface area contributed by atoms with Crippen molar-refractivity contribution in [2.24, 2.45) is 5.92 Å². The number of hydrogen-bond donors (Lipinski definition) is 3. The summed E-state index contributed by atoms with van der Waals surface area (Å²) in [5, 5.41) is 13.0. The summed E-state index contributed by atoms with van der Waals surface area (Å²) in [4.78, 5) is 23.8. The van der Waals surface area contributed by atoms with Crippen molar-refractivity contribution < 1.29 is 9.59 Å². The van der Waals surface area contributed by atoms with E-state index >= 15 is 0 Å². The third-order valence-corrected chi connectivity index (χ3v) is 3.96. The molecular weight excluding hydrogens is 270 g/mol. The molecule has 2 unspecified atom stereocenters. The maximum atomic E-state index is 12.1. The van der Waals surface area contributed by atoms with E-state index in [2.05, 4.69) is 28.0 Å². The summed E-state index contributed by atoms with van der Waals surface area (Å²) in [6.07, 6.45) is 6.40. The molecule has 21 heavy (non-hydrogen) atoms. The molecule has 0 bridgehead atoms. The summed E-state index contributed by atoms with van der Waals surface area (Å²) < 4.78 is 1.54. The van der Waals surface area contributed by atoms with Crippen molar-refractivity contribution in [3.63, 3.8) is 0 Å². The molecule has 1 aromatic heterocycles. The van der Waals surface area contributed by atoms with Crippen LogP contribution in [0.1, 0.15) is 26.2 Å². The SMILES string of the molecule is CC1CCNC1C(=O)Nc1cnn(CC(=O)NC2CC2)c1. The number of aromatic nitrogens is 2. The minimum Gasteiger partial charge on any atom is -0.352 e. The molecule has 3 rings (SSSR count). The Balaban J connectivity index is 1.52. The topological polar surface area (TPSA) is 88.1 Å². The van der Waals surface area contributed by atoms with Crippen LogP contribution < -0.4 is 16.0 Å². The molecule has 2 atom stereocenters. The molecule has 7 nitrogen and oxygen atoms in total. The first-order valence-corrected chi connectivity index (χ1v) is 7.48. The van der Waals surface area contributed by atoms with E-state index in [-0.39, 0.29) is 24.4 Å². The summed E-state index contributed by atoms with van der Waals surface area (Å²) in [7, 11) is 0. The Morgan fingerprint density at radius 3 is 2.90 bits per heavy atom. The zero-order valence-corrected chi connectivity index (χ0v) is 12.1. The molecule has 2 fully saturated rings. The quantitative estimate of drug-likeness (QED) is 0.718. The second kappa shape index (κ2) is 5.85. The average Bonchev–Trinajstić information content (AvgIpc) is 2.95. The van der Waals surface area contributed by atoms with Gasteiger partial charge in [-0.3, -0.25) is 14.3 Å². The molecule has 2 heterocycles. The number of nitrogens with one attached hydrogen (secondary N) is 3. The molecule has 1 saturated carbocycles. The lowest BCUT2D eigenvalue weighted by molar-refractivity contribution is -0.122. The fraction of sp³-hybridized carbons (Fsp3) is 0.643. The number of carbonyl (C=O) groups excluding carboxylic acids is 2. The molecule has 114 valence electrons. The lowest BCUT2D eigenvalue weighted by atomic mass is 10.0. The van der Waals surface area contributed by atoms with Gasteiger partial charge in [0, 0.05) is 12.2 Å². The van der Waals surface area contributed by atoms with Gasteiger partial charge in [0.15, 0.2) is 0 Å². The van der Waals surface area contributed by atoms with E-state index in [1.165, 1.54) is 0 Å². The molecule has 2 aliphatic rings. The Labute approximate surface area is 123 Å². The largest absolute Gasteiger partial charge is 0.352 e. The van der Waals surface area contributed by atoms with Gasteiger partial charge in [-0.2, -0.15) is 5.10 Å². The van der Waals surface area contributed by atoms with Crippen molar-refractivity contribution in [3.05, 3.63) is 12.4 Å². The van der Waals surface area contributed by atoms with Gasteiger partial charge in [-0.05, 0) is 31.7 Å². The lowest BCUT2D eigenvalue weighted by Gasteiger charge is -2.14. The van der Waals surface area contributed by atoms with Crippen LogP contribution in [0.25, 0.3) is 0 Å². The van der Waals surface area contributed by atoms with Crippen LogP contribution >= 0.6 is 0 Å². The molecule has 7 heteroatoms. The molecule has 1 saturated heterocycles. The Hall–Kier alpha value is -1.89. The van der Waals surface area contributed by atoms with Crippen LogP contribution in [0.5, 0.6) is 0 Å². The monoisotopic (exact) mass is 291 g/mol. The van der Waals surface area contributed by atoms with Gasteiger partial charge < -0.3 is 16.0 Å². The van der Waals surface area contributed by atoms with Crippen molar-refractivity contribution in [2.75, 3.05) is 11.9 Å². The van der Waals surface area contributed by atoms with E-state index in [9.17, 15) is 9.59 Å². The van der Waals surface area contributed by atoms with E-state index in [0.29, 0.717) is 17.6 Å². The van der Waals surface area contributed by atoms with Gasteiger partial charge in [0.2, 0.25) is 11.8 Å². The summed E-state index contributed by atoms with van der Waals surface area (Å²) in [6.45, 7) is 3.13. The highest BCUT2D eigenvalue weighted by atomic mass is 16.2. The number of nitrogens with zero attached hydrogens (tertiary/aromatic N) is 2. The number of hydrogen-bond acceptors (Lipinski definition) is 4. The molecule has 3 N–H and O–H groups in total. The van der Waals surface area contributed by atoms with Gasteiger partial charge in [-0.25, -0.2) is 0 Å². The van der Waals surface area contributed by atoms with Gasteiger partial charge in [0.25, 0.3) is 0 Å². The van der Waals surface area contributed by atoms with E-state index in [4.69, 9.17) is 0 Å². The normalized spacial score (nSPS) is 24.8. The highest BCUT2D eigenvalue weighted by molar-refractivity contribution is 5.95. The van der Waals surface area contributed by atoms with E-state index in [0.717, 1.165) is 25.8 Å². The van der Waals surface area contributed by atoms with Gasteiger partial charge >= 0.3 is 0 Å². The van der Waals surface area contributed by atoms with Crippen LogP contribution in [0.2, 0.25) is 0 Å². The summed E-state index contributed by atoms with van der Waals surface area (Å²) >= 11 is 0. The maximum absolute atomic E-state index is 12.1. The zero-order chi connectivity index (χ0) is 14.8. The molecule has 1 aliphatic carbocycles.